The zero-order valence-electron chi connectivity index (χ0n) is 7.01. The van der Waals surface area contributed by atoms with Crippen LogP contribution in [-0.2, 0) is 11.3 Å². The van der Waals surface area contributed by atoms with Crippen molar-refractivity contribution in [1.29, 1.82) is 0 Å². The molecule has 2 aromatic rings. The Balaban J connectivity index is 2.46. The van der Waals surface area contributed by atoms with Crippen LogP contribution in [0.3, 0.4) is 0 Å². The molecule has 0 aliphatic heterocycles. The summed E-state index contributed by atoms with van der Waals surface area (Å²) in [7, 11) is 0. The predicted octanol–water partition coefficient (Wildman–Crippen LogP) is 1.17. The summed E-state index contributed by atoms with van der Waals surface area (Å²) in [5, 5.41) is 17.0. The number of hydrogen-bond donors (Lipinski definition) is 1. The van der Waals surface area contributed by atoms with Crippen LogP contribution in [0.5, 0.6) is 0 Å². The minimum Gasteiger partial charge on any atom is -0.480 e. The molecule has 0 unspecified atom stereocenters. The first-order valence-corrected chi connectivity index (χ1v) is 4.25. The van der Waals surface area contributed by atoms with Gasteiger partial charge in [0.15, 0.2) is 6.54 Å². The first-order chi connectivity index (χ1) is 6.65. The highest BCUT2D eigenvalue weighted by Gasteiger charge is 2.05. The van der Waals surface area contributed by atoms with E-state index in [9.17, 15) is 4.79 Å². The number of fused-ring (bicyclic) bond motifs is 1. The molecule has 5 nitrogen and oxygen atoms in total. The average molecular weight is 212 g/mol. The summed E-state index contributed by atoms with van der Waals surface area (Å²) in [5.41, 5.74) is 1.23. The maximum absolute atomic E-state index is 10.4. The Labute approximate surface area is 83.9 Å². The van der Waals surface area contributed by atoms with Gasteiger partial charge in [0.1, 0.15) is 11.0 Å². The number of carboxylic acids is 1. The third-order valence-corrected chi connectivity index (χ3v) is 1.90. The molecule has 0 bridgehead atoms. The van der Waals surface area contributed by atoms with Crippen LogP contribution in [0.1, 0.15) is 0 Å². The lowest BCUT2D eigenvalue weighted by Gasteiger charge is -1.89. The number of benzene rings is 1. The molecule has 6 heteroatoms. The third kappa shape index (κ3) is 1.67. The maximum Gasteiger partial charge on any atom is 0.327 e. The van der Waals surface area contributed by atoms with Crippen LogP contribution < -0.4 is 0 Å². The van der Waals surface area contributed by atoms with E-state index < -0.39 is 5.97 Å². The molecule has 0 fully saturated rings. The molecule has 0 saturated heterocycles. The van der Waals surface area contributed by atoms with Crippen molar-refractivity contribution in [2.24, 2.45) is 0 Å². The minimum absolute atomic E-state index is 0.244. The second kappa shape index (κ2) is 3.26. The Morgan fingerprint density at radius 3 is 2.86 bits per heavy atom. The molecule has 0 aliphatic carbocycles. The number of aliphatic carboxylic acids is 1. The van der Waals surface area contributed by atoms with E-state index >= 15 is 0 Å². The second-order valence-corrected chi connectivity index (χ2v) is 3.19. The fourth-order valence-electron chi connectivity index (χ4n) is 1.12. The van der Waals surface area contributed by atoms with Crippen molar-refractivity contribution in [1.82, 2.24) is 15.0 Å². The largest absolute Gasteiger partial charge is 0.480 e. The summed E-state index contributed by atoms with van der Waals surface area (Å²) in [5.74, 6) is -0.976. The standard InChI is InChI=1S/C8H6ClN3O2/c9-5-1-2-6-7(3-5)11-12(10-6)4-8(13)14/h1-3H,4H2,(H,13,14). The van der Waals surface area contributed by atoms with Gasteiger partial charge in [0, 0.05) is 5.02 Å². The first kappa shape index (κ1) is 8.96. The van der Waals surface area contributed by atoms with Gasteiger partial charge in [0.25, 0.3) is 0 Å². The van der Waals surface area contributed by atoms with E-state index in [2.05, 4.69) is 10.2 Å². The molecule has 72 valence electrons. The number of carbonyl (C=O) groups is 1. The topological polar surface area (TPSA) is 68.0 Å². The predicted molar refractivity (Wildman–Crippen MR) is 50.2 cm³/mol. The molecule has 2 rings (SSSR count). The lowest BCUT2D eigenvalue weighted by Crippen LogP contribution is -2.11. The second-order valence-electron chi connectivity index (χ2n) is 2.76. The number of hydrogen-bond acceptors (Lipinski definition) is 3. The van der Waals surface area contributed by atoms with Gasteiger partial charge in [-0.2, -0.15) is 15.0 Å². The van der Waals surface area contributed by atoms with Gasteiger partial charge in [-0.05, 0) is 18.2 Å². The Hall–Kier alpha value is -1.62. The lowest BCUT2D eigenvalue weighted by molar-refractivity contribution is -0.138. The normalized spacial score (nSPS) is 10.6. The van der Waals surface area contributed by atoms with Crippen LogP contribution in [-0.4, -0.2) is 26.1 Å². The van der Waals surface area contributed by atoms with Gasteiger partial charge in [0.05, 0.1) is 0 Å². The summed E-state index contributed by atoms with van der Waals surface area (Å²) in [6.45, 7) is -0.244. The van der Waals surface area contributed by atoms with Crippen LogP contribution in [0.2, 0.25) is 5.02 Å². The number of nitrogens with zero attached hydrogens (tertiary/aromatic N) is 3. The van der Waals surface area contributed by atoms with E-state index in [-0.39, 0.29) is 6.54 Å². The van der Waals surface area contributed by atoms with Crippen molar-refractivity contribution in [3.8, 4) is 0 Å². The van der Waals surface area contributed by atoms with Crippen LogP contribution in [0.25, 0.3) is 11.0 Å². The number of rotatable bonds is 2. The van der Waals surface area contributed by atoms with Crippen molar-refractivity contribution >= 4 is 28.6 Å². The van der Waals surface area contributed by atoms with E-state index in [0.29, 0.717) is 16.1 Å². The van der Waals surface area contributed by atoms with Crippen LogP contribution in [0, 0.1) is 0 Å². The van der Waals surface area contributed by atoms with E-state index in [1.807, 2.05) is 0 Å². The summed E-state index contributed by atoms with van der Waals surface area (Å²) in [4.78, 5) is 11.5. The van der Waals surface area contributed by atoms with Crippen LogP contribution >= 0.6 is 11.6 Å². The molecule has 0 saturated carbocycles. The van der Waals surface area contributed by atoms with Gasteiger partial charge in [-0.1, -0.05) is 11.6 Å². The fraction of sp³-hybridized carbons (Fsp3) is 0.125. The highest BCUT2D eigenvalue weighted by molar-refractivity contribution is 6.31. The van der Waals surface area contributed by atoms with Gasteiger partial charge in [0.2, 0.25) is 0 Å². The molecule has 0 amide bonds. The summed E-state index contributed by atoms with van der Waals surface area (Å²) in [6.07, 6.45) is 0. The Morgan fingerprint density at radius 1 is 1.43 bits per heavy atom. The summed E-state index contributed by atoms with van der Waals surface area (Å²) in [6, 6.07) is 5.02. The molecular formula is C8H6ClN3O2. The van der Waals surface area contributed by atoms with Gasteiger partial charge in [-0.25, -0.2) is 0 Å². The van der Waals surface area contributed by atoms with Crippen molar-refractivity contribution in [2.75, 3.05) is 0 Å². The third-order valence-electron chi connectivity index (χ3n) is 1.66. The van der Waals surface area contributed by atoms with E-state index in [0.717, 1.165) is 4.80 Å². The zero-order valence-corrected chi connectivity index (χ0v) is 7.77. The fourth-order valence-corrected chi connectivity index (χ4v) is 1.29. The quantitative estimate of drug-likeness (QED) is 0.810. The van der Waals surface area contributed by atoms with E-state index in [1.165, 1.54) is 0 Å². The van der Waals surface area contributed by atoms with Crippen LogP contribution in [0.4, 0.5) is 0 Å². The molecule has 0 atom stereocenters. The Bertz CT molecular complexity index is 494. The van der Waals surface area contributed by atoms with Gasteiger partial charge < -0.3 is 5.11 Å². The lowest BCUT2D eigenvalue weighted by atomic mass is 10.3. The molecule has 1 aromatic heterocycles. The number of carboxylic acid groups (broad SMARTS) is 1. The van der Waals surface area contributed by atoms with Crippen molar-refractivity contribution in [3.63, 3.8) is 0 Å². The van der Waals surface area contributed by atoms with Gasteiger partial charge in [-0.15, -0.1) is 0 Å². The molecule has 14 heavy (non-hydrogen) atoms. The summed E-state index contributed by atoms with van der Waals surface area (Å²) < 4.78 is 0. The number of aromatic nitrogens is 3. The smallest absolute Gasteiger partial charge is 0.327 e. The minimum atomic E-state index is -0.976. The molecule has 0 spiro atoms. The Kier molecular flexibility index (Phi) is 2.09. The average Bonchev–Trinajstić information content (AvgIpc) is 2.44. The molecule has 0 radical (unpaired) electrons. The monoisotopic (exact) mass is 211 g/mol. The highest BCUT2D eigenvalue weighted by atomic mass is 35.5. The molecular weight excluding hydrogens is 206 g/mol. The molecule has 1 N–H and O–H groups in total. The van der Waals surface area contributed by atoms with Gasteiger partial charge in [-0.3, -0.25) is 4.79 Å². The SMILES string of the molecule is O=C(O)Cn1nc2ccc(Cl)cc2n1. The molecule has 1 aromatic carbocycles. The highest BCUT2D eigenvalue weighted by Crippen LogP contribution is 2.15. The maximum atomic E-state index is 10.4. The van der Waals surface area contributed by atoms with E-state index in [4.69, 9.17) is 16.7 Å². The summed E-state index contributed by atoms with van der Waals surface area (Å²) >= 11 is 5.74. The molecule has 1 heterocycles. The number of halogens is 1. The van der Waals surface area contributed by atoms with E-state index in [1.54, 1.807) is 18.2 Å². The van der Waals surface area contributed by atoms with Crippen molar-refractivity contribution in [3.05, 3.63) is 23.2 Å². The molecule has 0 aliphatic rings. The zero-order chi connectivity index (χ0) is 10.1. The van der Waals surface area contributed by atoms with Gasteiger partial charge >= 0.3 is 5.97 Å². The van der Waals surface area contributed by atoms with Crippen molar-refractivity contribution < 1.29 is 9.90 Å². The van der Waals surface area contributed by atoms with Crippen molar-refractivity contribution in [2.45, 2.75) is 6.54 Å². The Morgan fingerprint density at radius 2 is 2.14 bits per heavy atom. The van der Waals surface area contributed by atoms with Crippen LogP contribution in [0.15, 0.2) is 18.2 Å². The first-order valence-electron chi connectivity index (χ1n) is 3.87.